The Bertz CT molecular complexity index is 2670. The molecule has 0 unspecified atom stereocenters. The number of anilines is 3. The lowest BCUT2D eigenvalue weighted by Crippen LogP contribution is -2.11. The quantitative estimate of drug-likeness (QED) is 0.188. The third-order valence-electron chi connectivity index (χ3n) is 9.67. The van der Waals surface area contributed by atoms with E-state index in [1.54, 1.807) is 11.3 Å². The van der Waals surface area contributed by atoms with Gasteiger partial charge in [0.25, 0.3) is 0 Å². The van der Waals surface area contributed by atoms with Crippen LogP contribution in [0.15, 0.2) is 170 Å². The molecule has 0 bridgehead atoms. The first-order valence-corrected chi connectivity index (χ1v) is 17.1. The molecule has 0 saturated heterocycles. The summed E-state index contributed by atoms with van der Waals surface area (Å²) in [6.45, 7) is 0. The molecule has 0 radical (unpaired) electrons. The van der Waals surface area contributed by atoms with Gasteiger partial charge in [0.05, 0.1) is 11.4 Å². The summed E-state index contributed by atoms with van der Waals surface area (Å²) in [7, 11) is 0. The first kappa shape index (κ1) is 27.1. The van der Waals surface area contributed by atoms with Crippen LogP contribution in [0.2, 0.25) is 0 Å². The van der Waals surface area contributed by atoms with Crippen LogP contribution in [-0.2, 0) is 0 Å². The van der Waals surface area contributed by atoms with Gasteiger partial charge in [-0.1, -0.05) is 121 Å². The van der Waals surface area contributed by atoms with Crippen molar-refractivity contribution in [1.82, 2.24) is 4.98 Å². The highest BCUT2D eigenvalue weighted by molar-refractivity contribution is 7.25. The number of para-hydroxylation sites is 1. The maximum absolute atomic E-state index is 4.84. The molecule has 9 aromatic rings. The number of fused-ring (bicyclic) bond motifs is 6. The Kier molecular flexibility index (Phi) is 6.08. The molecule has 1 aliphatic rings. The van der Waals surface area contributed by atoms with Gasteiger partial charge < -0.3 is 4.90 Å². The average molecular weight is 629 g/mol. The van der Waals surface area contributed by atoms with Crippen molar-refractivity contribution in [2.45, 2.75) is 0 Å². The van der Waals surface area contributed by atoms with Gasteiger partial charge in [-0.2, -0.15) is 0 Å². The van der Waals surface area contributed by atoms with Crippen molar-refractivity contribution >= 4 is 59.5 Å². The maximum Gasteiger partial charge on any atom is 0.126 e. The van der Waals surface area contributed by atoms with E-state index in [-0.39, 0.29) is 0 Å². The molecule has 2 nitrogen and oxygen atoms in total. The van der Waals surface area contributed by atoms with E-state index < -0.39 is 0 Å². The third-order valence-corrected chi connectivity index (χ3v) is 10.7. The fraction of sp³-hybridized carbons (Fsp3) is 0. The van der Waals surface area contributed by atoms with Gasteiger partial charge in [-0.15, -0.1) is 11.3 Å². The summed E-state index contributed by atoms with van der Waals surface area (Å²) in [6.07, 6.45) is 1.95. The van der Waals surface area contributed by atoms with Gasteiger partial charge >= 0.3 is 0 Å². The Labute approximate surface area is 282 Å². The van der Waals surface area contributed by atoms with Gasteiger partial charge in [-0.3, -0.25) is 0 Å². The average Bonchev–Trinajstić information content (AvgIpc) is 3.70. The van der Waals surface area contributed by atoms with Crippen molar-refractivity contribution in [2.24, 2.45) is 0 Å². The van der Waals surface area contributed by atoms with E-state index in [0.717, 1.165) is 21.9 Å². The molecule has 7 aromatic carbocycles. The number of hydrogen-bond donors (Lipinski definition) is 0. The van der Waals surface area contributed by atoms with Crippen molar-refractivity contribution in [2.75, 3.05) is 4.90 Å². The summed E-state index contributed by atoms with van der Waals surface area (Å²) in [6, 6.07) is 59.5. The Morgan fingerprint density at radius 1 is 0.438 bits per heavy atom. The first-order chi connectivity index (χ1) is 23.8. The fourth-order valence-electron chi connectivity index (χ4n) is 7.54. The molecule has 2 heterocycles. The number of rotatable bonds is 5. The van der Waals surface area contributed by atoms with Gasteiger partial charge in [0.2, 0.25) is 0 Å². The van der Waals surface area contributed by atoms with Gasteiger partial charge in [0.1, 0.15) is 4.83 Å². The smallest absolute Gasteiger partial charge is 0.126 e. The van der Waals surface area contributed by atoms with Crippen LogP contribution in [0, 0.1) is 0 Å². The number of hydrogen-bond acceptors (Lipinski definition) is 3. The van der Waals surface area contributed by atoms with E-state index in [2.05, 4.69) is 169 Å². The molecule has 0 spiro atoms. The van der Waals surface area contributed by atoms with Gasteiger partial charge in [-0.05, 0) is 92.2 Å². The SMILES string of the molecule is c1ccc(-c2ccccc2N(c2ccc(-c3cc4c5c(cccc5c3)-c3ccccc3-4)cc2)c2ccnc3sc4ccccc4c23)cc1. The predicted octanol–water partition coefficient (Wildman–Crippen LogP) is 13.1. The summed E-state index contributed by atoms with van der Waals surface area (Å²) in [4.78, 5) is 8.29. The van der Waals surface area contributed by atoms with Crippen LogP contribution in [0.5, 0.6) is 0 Å². The molecule has 2 aromatic heterocycles. The zero-order chi connectivity index (χ0) is 31.6. The second kappa shape index (κ2) is 10.8. The van der Waals surface area contributed by atoms with Crippen molar-refractivity contribution < 1.29 is 0 Å². The molecule has 0 N–H and O–H groups in total. The van der Waals surface area contributed by atoms with Crippen LogP contribution in [0.25, 0.3) is 75.6 Å². The molecule has 0 atom stereocenters. The number of pyridine rings is 1. The standard InChI is InChI=1S/C45H28N2S/c1-2-11-30(12-3-1)34-14-6-8-19-40(34)47(41-25-26-46-45-44(41)38-17-7-9-20-42(38)48-45)33-23-21-29(22-24-33)32-27-31-13-10-18-37-35-15-4-5-16-36(35)39(28-32)43(31)37/h1-28H. The van der Waals surface area contributed by atoms with E-state index >= 15 is 0 Å². The third kappa shape index (κ3) is 4.15. The summed E-state index contributed by atoms with van der Waals surface area (Å²) in [5.41, 5.74) is 13.4. The van der Waals surface area contributed by atoms with Crippen molar-refractivity contribution in [3.63, 3.8) is 0 Å². The molecule has 0 amide bonds. The summed E-state index contributed by atoms with van der Waals surface area (Å²) >= 11 is 1.75. The van der Waals surface area contributed by atoms with Gasteiger partial charge in [0.15, 0.2) is 0 Å². The molecule has 0 fully saturated rings. The number of aromatic nitrogens is 1. The van der Waals surface area contributed by atoms with E-state index in [1.165, 1.54) is 70.8 Å². The van der Waals surface area contributed by atoms with Crippen LogP contribution >= 0.6 is 11.3 Å². The summed E-state index contributed by atoms with van der Waals surface area (Å²) < 4.78 is 1.24. The zero-order valence-electron chi connectivity index (χ0n) is 26.0. The number of thiophene rings is 1. The second-order valence-corrected chi connectivity index (χ2v) is 13.4. The summed E-state index contributed by atoms with van der Waals surface area (Å²) in [5.74, 6) is 0. The highest BCUT2D eigenvalue weighted by Gasteiger charge is 2.23. The molecule has 0 saturated carbocycles. The lowest BCUT2D eigenvalue weighted by molar-refractivity contribution is 1.29. The Morgan fingerprint density at radius 3 is 2.00 bits per heavy atom. The predicted molar refractivity (Wildman–Crippen MR) is 205 cm³/mol. The molecular formula is C45H28N2S. The first-order valence-electron chi connectivity index (χ1n) is 16.3. The number of nitrogens with zero attached hydrogens (tertiary/aromatic N) is 2. The lowest BCUT2D eigenvalue weighted by Gasteiger charge is -2.28. The van der Waals surface area contributed by atoms with E-state index in [9.17, 15) is 0 Å². The van der Waals surface area contributed by atoms with E-state index in [1.807, 2.05) is 6.20 Å². The Balaban J connectivity index is 1.17. The number of benzene rings is 7. The van der Waals surface area contributed by atoms with E-state index in [4.69, 9.17) is 4.98 Å². The monoisotopic (exact) mass is 628 g/mol. The van der Waals surface area contributed by atoms with Crippen LogP contribution in [0.3, 0.4) is 0 Å². The molecule has 10 rings (SSSR count). The lowest BCUT2D eigenvalue weighted by atomic mass is 9.96. The van der Waals surface area contributed by atoms with Crippen LogP contribution < -0.4 is 4.90 Å². The molecular weight excluding hydrogens is 601 g/mol. The van der Waals surface area contributed by atoms with Gasteiger partial charge in [0, 0.05) is 32.9 Å². The summed E-state index contributed by atoms with van der Waals surface area (Å²) in [5, 5.41) is 5.04. The molecule has 3 heteroatoms. The van der Waals surface area contributed by atoms with Crippen LogP contribution in [0.4, 0.5) is 17.1 Å². The largest absolute Gasteiger partial charge is 0.309 e. The van der Waals surface area contributed by atoms with Gasteiger partial charge in [-0.25, -0.2) is 4.98 Å². The minimum Gasteiger partial charge on any atom is -0.309 e. The van der Waals surface area contributed by atoms with Crippen molar-refractivity contribution in [3.8, 4) is 44.5 Å². The highest BCUT2D eigenvalue weighted by atomic mass is 32.1. The van der Waals surface area contributed by atoms with Crippen molar-refractivity contribution in [3.05, 3.63) is 170 Å². The Morgan fingerprint density at radius 2 is 1.15 bits per heavy atom. The topological polar surface area (TPSA) is 16.1 Å². The zero-order valence-corrected chi connectivity index (χ0v) is 26.8. The highest BCUT2D eigenvalue weighted by Crippen LogP contribution is 2.50. The minimum absolute atomic E-state index is 1.04. The van der Waals surface area contributed by atoms with Crippen LogP contribution in [0.1, 0.15) is 0 Å². The molecule has 224 valence electrons. The van der Waals surface area contributed by atoms with Crippen molar-refractivity contribution in [1.29, 1.82) is 0 Å². The van der Waals surface area contributed by atoms with Crippen LogP contribution in [-0.4, -0.2) is 4.98 Å². The maximum atomic E-state index is 4.84. The normalized spacial score (nSPS) is 11.8. The Hall–Kier alpha value is -6.03. The van der Waals surface area contributed by atoms with E-state index in [0.29, 0.717) is 0 Å². The molecule has 1 aliphatic carbocycles. The minimum atomic E-state index is 1.04. The molecule has 48 heavy (non-hydrogen) atoms. The second-order valence-electron chi connectivity index (χ2n) is 12.3. The molecule has 0 aliphatic heterocycles. The fourth-order valence-corrected chi connectivity index (χ4v) is 8.61.